The van der Waals surface area contributed by atoms with Gasteiger partial charge in [-0.2, -0.15) is 4.31 Å². The lowest BCUT2D eigenvalue weighted by atomic mass is 10.2. The fraction of sp³-hybridized carbons (Fsp3) is 0.500. The van der Waals surface area contributed by atoms with E-state index in [0.29, 0.717) is 19.4 Å². The summed E-state index contributed by atoms with van der Waals surface area (Å²) in [6.07, 6.45) is 1.32. The van der Waals surface area contributed by atoms with Crippen molar-refractivity contribution in [2.45, 2.75) is 23.8 Å². The van der Waals surface area contributed by atoms with Gasteiger partial charge in [0.1, 0.15) is 0 Å². The number of hydrogen-bond donors (Lipinski definition) is 1. The van der Waals surface area contributed by atoms with E-state index >= 15 is 0 Å². The third kappa shape index (κ3) is 2.58. The van der Waals surface area contributed by atoms with Gasteiger partial charge in [-0.05, 0) is 31.0 Å². The summed E-state index contributed by atoms with van der Waals surface area (Å²) in [4.78, 5) is -0.119. The van der Waals surface area contributed by atoms with Crippen LogP contribution in [0.1, 0.15) is 12.8 Å². The fourth-order valence-corrected chi connectivity index (χ4v) is 3.95. The van der Waals surface area contributed by atoms with E-state index in [-0.39, 0.29) is 17.3 Å². The standard InChI is InChI=1S/C12H16FNO4S/c1-18-12-5-4-10(7-11(12)13)19(16,17)14-6-2-3-9(14)8-15/h4-5,7,9,15H,2-3,6,8H2,1H3/t9-/m1/s1. The van der Waals surface area contributed by atoms with Crippen molar-refractivity contribution in [2.24, 2.45) is 0 Å². The average Bonchev–Trinajstić information content (AvgIpc) is 2.87. The molecule has 106 valence electrons. The zero-order valence-electron chi connectivity index (χ0n) is 10.5. The van der Waals surface area contributed by atoms with Gasteiger partial charge in [0.15, 0.2) is 11.6 Å². The highest BCUT2D eigenvalue weighted by molar-refractivity contribution is 7.89. The molecule has 1 fully saturated rings. The van der Waals surface area contributed by atoms with Crippen LogP contribution in [0.4, 0.5) is 4.39 Å². The predicted molar refractivity (Wildman–Crippen MR) is 67.0 cm³/mol. The summed E-state index contributed by atoms with van der Waals surface area (Å²) < 4.78 is 44.3. The maximum atomic E-state index is 13.6. The van der Waals surface area contributed by atoms with Gasteiger partial charge in [-0.25, -0.2) is 12.8 Å². The highest BCUT2D eigenvalue weighted by atomic mass is 32.2. The van der Waals surface area contributed by atoms with Crippen LogP contribution in [0.3, 0.4) is 0 Å². The quantitative estimate of drug-likeness (QED) is 0.897. The lowest BCUT2D eigenvalue weighted by Gasteiger charge is -2.22. The van der Waals surface area contributed by atoms with Gasteiger partial charge >= 0.3 is 0 Å². The minimum atomic E-state index is -3.77. The Labute approximate surface area is 111 Å². The van der Waals surface area contributed by atoms with E-state index in [1.807, 2.05) is 0 Å². The molecule has 1 heterocycles. The molecule has 1 aromatic rings. The Morgan fingerprint density at radius 3 is 2.84 bits per heavy atom. The maximum Gasteiger partial charge on any atom is 0.243 e. The fourth-order valence-electron chi connectivity index (χ4n) is 2.25. The molecule has 0 spiro atoms. The smallest absolute Gasteiger partial charge is 0.243 e. The first-order chi connectivity index (χ1) is 9.00. The van der Waals surface area contributed by atoms with E-state index in [2.05, 4.69) is 0 Å². The van der Waals surface area contributed by atoms with E-state index in [9.17, 15) is 17.9 Å². The number of sulfonamides is 1. The van der Waals surface area contributed by atoms with E-state index in [1.165, 1.54) is 23.5 Å². The number of halogens is 1. The number of methoxy groups -OCH3 is 1. The Bertz CT molecular complexity index is 561. The molecule has 0 amide bonds. The molecule has 1 saturated heterocycles. The summed E-state index contributed by atoms with van der Waals surface area (Å²) >= 11 is 0. The second kappa shape index (κ2) is 5.44. The Morgan fingerprint density at radius 1 is 1.53 bits per heavy atom. The van der Waals surface area contributed by atoms with Crippen LogP contribution in [0.25, 0.3) is 0 Å². The van der Waals surface area contributed by atoms with E-state index in [0.717, 1.165) is 6.07 Å². The molecule has 1 aromatic carbocycles. The number of aliphatic hydroxyl groups is 1. The van der Waals surface area contributed by atoms with Crippen molar-refractivity contribution in [3.05, 3.63) is 24.0 Å². The summed E-state index contributed by atoms with van der Waals surface area (Å²) in [5.41, 5.74) is 0. The topological polar surface area (TPSA) is 66.8 Å². The lowest BCUT2D eigenvalue weighted by Crippen LogP contribution is -2.37. The molecular weight excluding hydrogens is 273 g/mol. The Balaban J connectivity index is 2.37. The van der Waals surface area contributed by atoms with Crippen LogP contribution in [-0.4, -0.2) is 44.1 Å². The molecule has 0 bridgehead atoms. The van der Waals surface area contributed by atoms with Gasteiger partial charge in [-0.3, -0.25) is 0 Å². The van der Waals surface area contributed by atoms with Crippen molar-refractivity contribution in [1.29, 1.82) is 0 Å². The summed E-state index contributed by atoms with van der Waals surface area (Å²) in [6.45, 7) is 0.124. The molecule has 0 radical (unpaired) electrons. The van der Waals surface area contributed by atoms with Gasteiger partial charge in [-0.15, -0.1) is 0 Å². The Hall–Kier alpha value is -1.18. The average molecular weight is 289 g/mol. The Morgan fingerprint density at radius 2 is 2.26 bits per heavy atom. The molecular formula is C12H16FNO4S. The first-order valence-electron chi connectivity index (χ1n) is 5.97. The van der Waals surface area contributed by atoms with Gasteiger partial charge in [0.2, 0.25) is 10.0 Å². The summed E-state index contributed by atoms with van der Waals surface area (Å²) in [5, 5.41) is 9.18. The molecule has 1 N–H and O–H groups in total. The Kier molecular flexibility index (Phi) is 4.07. The molecule has 0 aromatic heterocycles. The second-order valence-electron chi connectivity index (χ2n) is 4.39. The summed E-state index contributed by atoms with van der Waals surface area (Å²) in [6, 6.07) is 3.12. The molecule has 2 rings (SSSR count). The number of rotatable bonds is 4. The summed E-state index contributed by atoms with van der Waals surface area (Å²) in [7, 11) is -2.46. The molecule has 0 saturated carbocycles. The molecule has 0 unspecified atom stereocenters. The monoisotopic (exact) mass is 289 g/mol. The SMILES string of the molecule is COc1ccc(S(=O)(=O)N2CCC[C@@H]2CO)cc1F. The first kappa shape index (κ1) is 14.2. The summed E-state index contributed by atoms with van der Waals surface area (Å²) in [5.74, 6) is -0.720. The van der Waals surface area contributed by atoms with Crippen LogP contribution in [-0.2, 0) is 10.0 Å². The number of benzene rings is 1. The van der Waals surface area contributed by atoms with Crippen LogP contribution >= 0.6 is 0 Å². The zero-order valence-corrected chi connectivity index (χ0v) is 11.4. The molecule has 7 heteroatoms. The van der Waals surface area contributed by atoms with Crippen molar-refractivity contribution >= 4 is 10.0 Å². The van der Waals surface area contributed by atoms with E-state index < -0.39 is 21.9 Å². The van der Waals surface area contributed by atoms with E-state index in [1.54, 1.807) is 0 Å². The third-order valence-corrected chi connectivity index (χ3v) is 5.21. The minimum absolute atomic E-state index is 0.000852. The molecule has 1 aliphatic heterocycles. The zero-order chi connectivity index (χ0) is 14.0. The van der Waals surface area contributed by atoms with Crippen LogP contribution < -0.4 is 4.74 Å². The molecule has 5 nitrogen and oxygen atoms in total. The van der Waals surface area contributed by atoms with Gasteiger partial charge in [0, 0.05) is 12.6 Å². The van der Waals surface area contributed by atoms with Gasteiger partial charge in [-0.1, -0.05) is 0 Å². The number of ether oxygens (including phenoxy) is 1. The minimum Gasteiger partial charge on any atom is -0.494 e. The van der Waals surface area contributed by atoms with Crippen molar-refractivity contribution in [1.82, 2.24) is 4.31 Å². The van der Waals surface area contributed by atoms with E-state index in [4.69, 9.17) is 4.74 Å². The molecule has 19 heavy (non-hydrogen) atoms. The molecule has 0 aliphatic carbocycles. The number of nitrogens with zero attached hydrogens (tertiary/aromatic N) is 1. The largest absolute Gasteiger partial charge is 0.494 e. The van der Waals surface area contributed by atoms with Crippen molar-refractivity contribution in [2.75, 3.05) is 20.3 Å². The lowest BCUT2D eigenvalue weighted by molar-refractivity contribution is 0.213. The highest BCUT2D eigenvalue weighted by Crippen LogP contribution is 2.28. The normalized spacial score (nSPS) is 20.7. The molecule has 1 aliphatic rings. The molecule has 1 atom stereocenters. The van der Waals surface area contributed by atoms with Gasteiger partial charge in [0.05, 0.1) is 18.6 Å². The predicted octanol–water partition coefficient (Wildman–Crippen LogP) is 0.980. The van der Waals surface area contributed by atoms with Crippen molar-refractivity contribution in [3.8, 4) is 5.75 Å². The number of hydrogen-bond acceptors (Lipinski definition) is 4. The van der Waals surface area contributed by atoms with Crippen molar-refractivity contribution < 1.29 is 22.7 Å². The van der Waals surface area contributed by atoms with Gasteiger partial charge in [0.25, 0.3) is 0 Å². The highest BCUT2D eigenvalue weighted by Gasteiger charge is 2.35. The van der Waals surface area contributed by atoms with Crippen LogP contribution in [0, 0.1) is 5.82 Å². The maximum absolute atomic E-state index is 13.6. The van der Waals surface area contributed by atoms with Crippen LogP contribution in [0.5, 0.6) is 5.75 Å². The number of aliphatic hydroxyl groups excluding tert-OH is 1. The van der Waals surface area contributed by atoms with Gasteiger partial charge < -0.3 is 9.84 Å². The second-order valence-corrected chi connectivity index (χ2v) is 6.28. The first-order valence-corrected chi connectivity index (χ1v) is 7.41. The third-order valence-electron chi connectivity index (χ3n) is 3.26. The van der Waals surface area contributed by atoms with Crippen LogP contribution in [0.2, 0.25) is 0 Å². The van der Waals surface area contributed by atoms with Crippen molar-refractivity contribution in [3.63, 3.8) is 0 Å². The van der Waals surface area contributed by atoms with Crippen LogP contribution in [0.15, 0.2) is 23.1 Å².